The van der Waals surface area contributed by atoms with E-state index in [0.29, 0.717) is 5.39 Å². The highest BCUT2D eigenvalue weighted by atomic mass is 32.2. The van der Waals surface area contributed by atoms with E-state index in [2.05, 4.69) is 10.0 Å². The van der Waals surface area contributed by atoms with Gasteiger partial charge in [0.05, 0.1) is 18.1 Å². The molecule has 0 unspecified atom stereocenters. The maximum absolute atomic E-state index is 13.2. The molecule has 1 amide bonds. The van der Waals surface area contributed by atoms with E-state index in [1.54, 1.807) is 24.3 Å². The van der Waals surface area contributed by atoms with Crippen LogP contribution in [0, 0.1) is 6.92 Å². The molecule has 0 aliphatic heterocycles. The number of sulfonamides is 1. The first kappa shape index (κ1) is 22.9. The molecule has 4 N–H and O–H groups in total. The third kappa shape index (κ3) is 5.89. The van der Waals surface area contributed by atoms with Gasteiger partial charge in [-0.05, 0) is 29.5 Å². The Morgan fingerprint density at radius 2 is 1.68 bits per heavy atom. The molecule has 8 heteroatoms. The largest absolute Gasteiger partial charge is 0.375 e. The fourth-order valence-electron chi connectivity index (χ4n) is 3.26. The topological polar surface area (TPSA) is 111 Å². The quantitative estimate of drug-likeness (QED) is 0.446. The second-order valence-corrected chi connectivity index (χ2v) is 8.86. The third-order valence-corrected chi connectivity index (χ3v) is 6.37. The van der Waals surface area contributed by atoms with Gasteiger partial charge in [0.15, 0.2) is 0 Å². The summed E-state index contributed by atoms with van der Waals surface area (Å²) in [6.07, 6.45) is 0. The number of aryl methyl sites for hydroxylation is 1. The summed E-state index contributed by atoms with van der Waals surface area (Å²) in [5, 5.41) is 4.07. The summed E-state index contributed by atoms with van der Waals surface area (Å²) in [5.41, 5.74) is 7.36. The number of carbonyl (C=O) groups is 1. The lowest BCUT2D eigenvalue weighted by atomic mass is 10.1. The Bertz CT molecular complexity index is 1130. The van der Waals surface area contributed by atoms with Crippen LogP contribution in [0.2, 0.25) is 0 Å². The minimum absolute atomic E-state index is 0.117. The van der Waals surface area contributed by atoms with E-state index in [4.69, 9.17) is 10.5 Å². The SMILES string of the molecule is Cc1ccc(S(=O)(=O)N[C@@H](COCc2ccccc2)C(=O)NCCN)c2ccccc12. The predicted molar refractivity (Wildman–Crippen MR) is 121 cm³/mol. The minimum Gasteiger partial charge on any atom is -0.375 e. The van der Waals surface area contributed by atoms with Crippen LogP contribution in [0.3, 0.4) is 0 Å². The molecule has 0 fully saturated rings. The smallest absolute Gasteiger partial charge is 0.241 e. The van der Waals surface area contributed by atoms with E-state index < -0.39 is 22.0 Å². The molecule has 0 spiro atoms. The van der Waals surface area contributed by atoms with Crippen LogP contribution < -0.4 is 15.8 Å². The molecule has 0 aromatic heterocycles. The Hall–Kier alpha value is -2.78. The molecule has 31 heavy (non-hydrogen) atoms. The number of amides is 1. The number of hydrogen-bond donors (Lipinski definition) is 3. The van der Waals surface area contributed by atoms with E-state index in [0.717, 1.165) is 16.5 Å². The fourth-order valence-corrected chi connectivity index (χ4v) is 4.65. The van der Waals surface area contributed by atoms with E-state index >= 15 is 0 Å². The van der Waals surface area contributed by atoms with Gasteiger partial charge in [-0.25, -0.2) is 8.42 Å². The third-order valence-electron chi connectivity index (χ3n) is 4.85. The standard InChI is InChI=1S/C23H27N3O4S/c1-17-11-12-22(20-10-6-5-9-19(17)20)31(28,29)26-21(23(27)25-14-13-24)16-30-15-18-7-3-2-4-8-18/h2-12,21,26H,13-16,24H2,1H3,(H,25,27)/t21-/m0/s1. The molecule has 7 nitrogen and oxygen atoms in total. The first-order chi connectivity index (χ1) is 14.9. The first-order valence-corrected chi connectivity index (χ1v) is 11.5. The molecule has 3 aromatic carbocycles. The maximum atomic E-state index is 13.2. The van der Waals surface area contributed by atoms with Crippen molar-refractivity contribution in [3.05, 3.63) is 77.9 Å². The lowest BCUT2D eigenvalue weighted by Gasteiger charge is -2.19. The van der Waals surface area contributed by atoms with Crippen molar-refractivity contribution in [2.45, 2.75) is 24.5 Å². The van der Waals surface area contributed by atoms with Crippen molar-refractivity contribution in [2.24, 2.45) is 5.73 Å². The predicted octanol–water partition coefficient (Wildman–Crippen LogP) is 2.09. The van der Waals surface area contributed by atoms with Crippen LogP contribution >= 0.6 is 0 Å². The van der Waals surface area contributed by atoms with Gasteiger partial charge in [0.1, 0.15) is 6.04 Å². The van der Waals surface area contributed by atoms with Gasteiger partial charge in [-0.15, -0.1) is 0 Å². The number of ether oxygens (including phenoxy) is 1. The van der Waals surface area contributed by atoms with Crippen LogP contribution in [-0.4, -0.2) is 40.1 Å². The summed E-state index contributed by atoms with van der Waals surface area (Å²) < 4.78 is 34.6. The van der Waals surface area contributed by atoms with Crippen LogP contribution in [0.25, 0.3) is 10.8 Å². The molecule has 3 rings (SSSR count). The summed E-state index contributed by atoms with van der Waals surface area (Å²) in [6, 6.07) is 18.9. The fraction of sp³-hybridized carbons (Fsp3) is 0.261. The van der Waals surface area contributed by atoms with Gasteiger partial charge < -0.3 is 15.8 Å². The van der Waals surface area contributed by atoms with Crippen molar-refractivity contribution >= 4 is 26.7 Å². The zero-order valence-electron chi connectivity index (χ0n) is 17.4. The highest BCUT2D eigenvalue weighted by molar-refractivity contribution is 7.89. The molecule has 0 aliphatic carbocycles. The zero-order valence-corrected chi connectivity index (χ0v) is 18.2. The number of rotatable bonds is 10. The van der Waals surface area contributed by atoms with E-state index in [1.807, 2.05) is 49.4 Å². The summed E-state index contributed by atoms with van der Waals surface area (Å²) >= 11 is 0. The van der Waals surface area contributed by atoms with Gasteiger partial charge in [-0.1, -0.05) is 60.7 Å². The molecule has 1 atom stereocenters. The zero-order chi connectivity index (χ0) is 22.3. The molecule has 3 aromatic rings. The summed E-state index contributed by atoms with van der Waals surface area (Å²) in [4.78, 5) is 12.7. The van der Waals surface area contributed by atoms with Crippen LogP contribution in [0.4, 0.5) is 0 Å². The Morgan fingerprint density at radius 1 is 1.00 bits per heavy atom. The molecule has 0 aliphatic rings. The summed E-state index contributed by atoms with van der Waals surface area (Å²) in [6.45, 7) is 2.56. The van der Waals surface area contributed by atoms with Crippen molar-refractivity contribution in [2.75, 3.05) is 19.7 Å². The summed E-state index contributed by atoms with van der Waals surface area (Å²) in [5.74, 6) is -0.487. The molecule has 164 valence electrons. The number of benzene rings is 3. The number of nitrogens with one attached hydrogen (secondary N) is 2. The molecule has 0 radical (unpaired) electrons. The highest BCUT2D eigenvalue weighted by Gasteiger charge is 2.27. The van der Waals surface area contributed by atoms with E-state index in [9.17, 15) is 13.2 Å². The van der Waals surface area contributed by atoms with Gasteiger partial charge in [0.25, 0.3) is 0 Å². The second kappa shape index (κ2) is 10.5. The van der Waals surface area contributed by atoms with E-state index in [-0.39, 0.29) is 31.2 Å². The molecule has 0 saturated carbocycles. The van der Waals surface area contributed by atoms with Crippen molar-refractivity contribution < 1.29 is 17.9 Å². The van der Waals surface area contributed by atoms with Gasteiger partial charge in [0.2, 0.25) is 15.9 Å². The average Bonchev–Trinajstić information content (AvgIpc) is 2.77. The van der Waals surface area contributed by atoms with Crippen molar-refractivity contribution in [1.29, 1.82) is 0 Å². The van der Waals surface area contributed by atoms with Crippen molar-refractivity contribution in [1.82, 2.24) is 10.0 Å². The number of fused-ring (bicyclic) bond motifs is 1. The van der Waals surface area contributed by atoms with Crippen LogP contribution in [0.15, 0.2) is 71.6 Å². The highest BCUT2D eigenvalue weighted by Crippen LogP contribution is 2.26. The van der Waals surface area contributed by atoms with Crippen LogP contribution in [0.1, 0.15) is 11.1 Å². The number of hydrogen-bond acceptors (Lipinski definition) is 5. The molecular formula is C23H27N3O4S. The Labute approximate surface area is 182 Å². The Kier molecular flexibility index (Phi) is 7.75. The molecular weight excluding hydrogens is 414 g/mol. The van der Waals surface area contributed by atoms with Crippen LogP contribution in [0.5, 0.6) is 0 Å². The maximum Gasteiger partial charge on any atom is 0.241 e. The molecule has 0 heterocycles. The molecule has 0 bridgehead atoms. The molecule has 0 saturated heterocycles. The number of nitrogens with two attached hydrogens (primary N) is 1. The second-order valence-electron chi connectivity index (χ2n) is 7.18. The van der Waals surface area contributed by atoms with Gasteiger partial charge in [0, 0.05) is 18.5 Å². The number of carbonyl (C=O) groups excluding carboxylic acids is 1. The van der Waals surface area contributed by atoms with E-state index in [1.165, 1.54) is 0 Å². The summed E-state index contributed by atoms with van der Waals surface area (Å²) in [7, 11) is -3.99. The average molecular weight is 442 g/mol. The van der Waals surface area contributed by atoms with Gasteiger partial charge in [-0.2, -0.15) is 4.72 Å². The van der Waals surface area contributed by atoms with Crippen molar-refractivity contribution in [3.8, 4) is 0 Å². The monoisotopic (exact) mass is 441 g/mol. The first-order valence-electron chi connectivity index (χ1n) is 10.0. The lowest BCUT2D eigenvalue weighted by molar-refractivity contribution is -0.124. The van der Waals surface area contributed by atoms with Gasteiger partial charge >= 0.3 is 0 Å². The van der Waals surface area contributed by atoms with Crippen molar-refractivity contribution in [3.63, 3.8) is 0 Å². The van der Waals surface area contributed by atoms with Gasteiger partial charge in [-0.3, -0.25) is 4.79 Å². The Balaban J connectivity index is 1.82. The van der Waals surface area contributed by atoms with Crippen LogP contribution in [-0.2, 0) is 26.2 Å². The lowest BCUT2D eigenvalue weighted by Crippen LogP contribution is -2.50. The minimum atomic E-state index is -3.99. The Morgan fingerprint density at radius 3 is 2.39 bits per heavy atom. The normalized spacial score (nSPS) is 12.6.